The van der Waals surface area contributed by atoms with Gasteiger partial charge in [-0.3, -0.25) is 4.79 Å². The molecule has 0 aliphatic carbocycles. The molecule has 1 aromatic carbocycles. The maximum absolute atomic E-state index is 12.4. The first-order chi connectivity index (χ1) is 10.2. The van der Waals surface area contributed by atoms with Gasteiger partial charge in [-0.25, -0.2) is 0 Å². The van der Waals surface area contributed by atoms with E-state index < -0.39 is 0 Å². The molecule has 1 saturated heterocycles. The Kier molecular flexibility index (Phi) is 5.62. The summed E-state index contributed by atoms with van der Waals surface area (Å²) >= 11 is 0. The molecule has 0 spiro atoms. The van der Waals surface area contributed by atoms with Crippen molar-refractivity contribution in [3.05, 3.63) is 23.8 Å². The van der Waals surface area contributed by atoms with Crippen molar-refractivity contribution in [1.82, 2.24) is 4.90 Å². The monoisotopic (exact) mass is 291 g/mol. The summed E-state index contributed by atoms with van der Waals surface area (Å²) < 4.78 is 10.5. The number of hydrogen-bond donors (Lipinski definition) is 0. The van der Waals surface area contributed by atoms with Crippen LogP contribution in [-0.4, -0.2) is 44.0 Å². The molecule has 4 heteroatoms. The van der Waals surface area contributed by atoms with Gasteiger partial charge in [-0.15, -0.1) is 0 Å². The molecule has 0 N–H and O–H groups in total. The van der Waals surface area contributed by atoms with E-state index in [0.29, 0.717) is 29.5 Å². The average molecular weight is 291 g/mol. The van der Waals surface area contributed by atoms with Crippen LogP contribution in [0.25, 0.3) is 0 Å². The van der Waals surface area contributed by atoms with Crippen molar-refractivity contribution < 1.29 is 14.3 Å². The van der Waals surface area contributed by atoms with Crippen LogP contribution < -0.4 is 9.47 Å². The zero-order valence-electron chi connectivity index (χ0n) is 13.2. The molecule has 1 unspecified atom stereocenters. The average Bonchev–Trinajstić information content (AvgIpc) is 2.53. The fraction of sp³-hybridized carbons (Fsp3) is 0.588. The number of Topliss-reactive ketones (excluding diaryl/α,β-unsaturated/α-hetero) is 1. The lowest BCUT2D eigenvalue weighted by Crippen LogP contribution is -2.38. The van der Waals surface area contributed by atoms with E-state index in [1.54, 1.807) is 32.4 Å². The van der Waals surface area contributed by atoms with E-state index >= 15 is 0 Å². The van der Waals surface area contributed by atoms with Gasteiger partial charge in [-0.05, 0) is 38.4 Å². The second-order valence-electron chi connectivity index (χ2n) is 5.62. The highest BCUT2D eigenvalue weighted by atomic mass is 16.5. The van der Waals surface area contributed by atoms with E-state index in [1.807, 2.05) is 0 Å². The number of rotatable bonds is 6. The number of likely N-dealkylation sites (tertiary alicyclic amines) is 1. The highest BCUT2D eigenvalue weighted by Crippen LogP contribution is 2.26. The summed E-state index contributed by atoms with van der Waals surface area (Å²) in [5.74, 6) is 1.42. The second kappa shape index (κ2) is 7.46. The number of methoxy groups -OCH3 is 2. The zero-order chi connectivity index (χ0) is 15.2. The van der Waals surface area contributed by atoms with Crippen molar-refractivity contribution in [2.45, 2.75) is 38.6 Å². The number of nitrogens with zero attached hydrogens (tertiary/aromatic N) is 1. The van der Waals surface area contributed by atoms with Crippen molar-refractivity contribution in [3.63, 3.8) is 0 Å². The Morgan fingerprint density at radius 3 is 2.76 bits per heavy atom. The molecular formula is C17H25NO3. The maximum Gasteiger partial charge on any atom is 0.167 e. The zero-order valence-corrected chi connectivity index (χ0v) is 13.2. The van der Waals surface area contributed by atoms with E-state index in [9.17, 15) is 4.79 Å². The number of carbonyl (C=O) groups excluding carboxylic acids is 1. The topological polar surface area (TPSA) is 38.8 Å². The molecule has 1 aliphatic rings. The van der Waals surface area contributed by atoms with Crippen LogP contribution in [0.1, 0.15) is 43.0 Å². The van der Waals surface area contributed by atoms with Crippen LogP contribution >= 0.6 is 0 Å². The minimum absolute atomic E-state index is 0.132. The van der Waals surface area contributed by atoms with Gasteiger partial charge in [0.1, 0.15) is 11.5 Å². The highest BCUT2D eigenvalue weighted by molar-refractivity contribution is 5.99. The van der Waals surface area contributed by atoms with E-state index in [4.69, 9.17) is 9.47 Å². The lowest BCUT2D eigenvalue weighted by atomic mass is 10.0. The summed E-state index contributed by atoms with van der Waals surface area (Å²) in [5.41, 5.74) is 0.642. The molecule has 0 aromatic heterocycles. The molecule has 4 nitrogen and oxygen atoms in total. The summed E-state index contributed by atoms with van der Waals surface area (Å²) in [7, 11) is 3.19. The molecular weight excluding hydrogens is 266 g/mol. The first-order valence-electron chi connectivity index (χ1n) is 7.65. The molecule has 1 fully saturated rings. The van der Waals surface area contributed by atoms with Crippen LogP contribution in [0.3, 0.4) is 0 Å². The molecule has 0 amide bonds. The van der Waals surface area contributed by atoms with Gasteiger partial charge in [-0.1, -0.05) is 6.42 Å². The van der Waals surface area contributed by atoms with Gasteiger partial charge < -0.3 is 14.4 Å². The van der Waals surface area contributed by atoms with Gasteiger partial charge in [-0.2, -0.15) is 0 Å². The van der Waals surface area contributed by atoms with Gasteiger partial charge in [0.15, 0.2) is 5.78 Å². The molecule has 21 heavy (non-hydrogen) atoms. The summed E-state index contributed by atoms with van der Waals surface area (Å²) in [5, 5.41) is 0. The number of hydrogen-bond acceptors (Lipinski definition) is 4. The first-order valence-corrected chi connectivity index (χ1v) is 7.65. The van der Waals surface area contributed by atoms with Crippen molar-refractivity contribution >= 4 is 5.78 Å². The van der Waals surface area contributed by atoms with E-state index in [0.717, 1.165) is 13.1 Å². The number of piperidine rings is 1. The highest BCUT2D eigenvalue weighted by Gasteiger charge is 2.20. The third-order valence-corrected chi connectivity index (χ3v) is 4.28. The third kappa shape index (κ3) is 3.97. The standard InChI is InChI=1S/C17H25NO3/c1-13-6-4-5-10-18(13)11-9-16(19)15-8-7-14(20-2)12-17(15)21-3/h7-8,12-13H,4-6,9-11H2,1-3H3. The summed E-state index contributed by atoms with van der Waals surface area (Å²) in [4.78, 5) is 14.8. The second-order valence-corrected chi connectivity index (χ2v) is 5.62. The lowest BCUT2D eigenvalue weighted by molar-refractivity contribution is 0.0932. The van der Waals surface area contributed by atoms with Crippen molar-refractivity contribution in [2.24, 2.45) is 0 Å². The summed E-state index contributed by atoms with van der Waals surface area (Å²) in [6.07, 6.45) is 4.31. The van der Waals surface area contributed by atoms with Gasteiger partial charge >= 0.3 is 0 Å². The summed E-state index contributed by atoms with van der Waals surface area (Å²) in [6, 6.07) is 5.94. The molecule has 116 valence electrons. The van der Waals surface area contributed by atoms with E-state index in [-0.39, 0.29) is 5.78 Å². The van der Waals surface area contributed by atoms with Crippen LogP contribution in [0.5, 0.6) is 11.5 Å². The molecule has 1 atom stereocenters. The lowest BCUT2D eigenvalue weighted by Gasteiger charge is -2.33. The minimum Gasteiger partial charge on any atom is -0.497 e. The Bertz CT molecular complexity index is 487. The molecule has 0 radical (unpaired) electrons. The number of ketones is 1. The SMILES string of the molecule is COc1ccc(C(=O)CCN2CCCCC2C)c(OC)c1. The largest absolute Gasteiger partial charge is 0.497 e. The van der Waals surface area contributed by atoms with Crippen LogP contribution in [0.15, 0.2) is 18.2 Å². The van der Waals surface area contributed by atoms with Crippen LogP contribution in [0.2, 0.25) is 0 Å². The maximum atomic E-state index is 12.4. The van der Waals surface area contributed by atoms with E-state index in [1.165, 1.54) is 19.3 Å². The van der Waals surface area contributed by atoms with Crippen molar-refractivity contribution in [1.29, 1.82) is 0 Å². The molecule has 2 rings (SSSR count). The quantitative estimate of drug-likeness (QED) is 0.755. The fourth-order valence-corrected chi connectivity index (χ4v) is 2.90. The fourth-order valence-electron chi connectivity index (χ4n) is 2.90. The van der Waals surface area contributed by atoms with Gasteiger partial charge in [0.05, 0.1) is 19.8 Å². The van der Waals surface area contributed by atoms with Gasteiger partial charge in [0.25, 0.3) is 0 Å². The minimum atomic E-state index is 0.132. The smallest absolute Gasteiger partial charge is 0.167 e. The third-order valence-electron chi connectivity index (χ3n) is 4.28. The predicted octanol–water partition coefficient (Wildman–Crippen LogP) is 3.15. The molecule has 1 aromatic rings. The Labute approximate surface area is 127 Å². The van der Waals surface area contributed by atoms with Crippen LogP contribution in [0.4, 0.5) is 0 Å². The molecule has 0 bridgehead atoms. The first kappa shape index (κ1) is 15.8. The van der Waals surface area contributed by atoms with Gasteiger partial charge in [0.2, 0.25) is 0 Å². The van der Waals surface area contributed by atoms with E-state index in [2.05, 4.69) is 11.8 Å². The Morgan fingerprint density at radius 1 is 1.29 bits per heavy atom. The molecule has 1 heterocycles. The van der Waals surface area contributed by atoms with Crippen molar-refractivity contribution in [3.8, 4) is 11.5 Å². The normalized spacial score (nSPS) is 19.3. The Morgan fingerprint density at radius 2 is 2.10 bits per heavy atom. The number of ether oxygens (including phenoxy) is 2. The summed E-state index contributed by atoms with van der Waals surface area (Å²) in [6.45, 7) is 4.18. The number of carbonyl (C=O) groups is 1. The van der Waals surface area contributed by atoms with Crippen LogP contribution in [0, 0.1) is 0 Å². The predicted molar refractivity (Wildman–Crippen MR) is 83.4 cm³/mol. The molecule has 0 saturated carbocycles. The van der Waals surface area contributed by atoms with Crippen LogP contribution in [-0.2, 0) is 0 Å². The molecule has 1 aliphatic heterocycles. The van der Waals surface area contributed by atoms with Gasteiger partial charge in [0, 0.05) is 25.1 Å². The van der Waals surface area contributed by atoms with Crippen molar-refractivity contribution in [2.75, 3.05) is 27.3 Å². The number of benzene rings is 1. The Balaban J connectivity index is 1.99. The Hall–Kier alpha value is -1.55.